The van der Waals surface area contributed by atoms with Gasteiger partial charge in [-0.1, -0.05) is 24.6 Å². The molecule has 6 nitrogen and oxygen atoms in total. The van der Waals surface area contributed by atoms with E-state index in [9.17, 15) is 0 Å². The average molecular weight is 509 g/mol. The Bertz CT molecular complexity index is 868. The van der Waals surface area contributed by atoms with Crippen molar-refractivity contribution in [2.45, 2.75) is 31.1 Å². The first kappa shape index (κ1) is 21.5. The Kier molecular flexibility index (Phi) is 7.10. The SMILES string of the molecule is COc1ccccc1C1(CN=C(N)Nc2ccc3c(c2)OCCCO3)CCC1.I. The van der Waals surface area contributed by atoms with Gasteiger partial charge >= 0.3 is 0 Å². The molecule has 7 heteroatoms. The standard InChI is InChI=1S/C22H27N3O3.HI/c1-26-18-7-3-2-6-17(18)22(10-4-11-22)15-24-21(23)25-16-8-9-19-20(14-16)28-13-5-12-27-19;/h2-3,6-9,14H,4-5,10-13,15H2,1H3,(H3,23,24,25);1H. The fourth-order valence-electron chi connectivity index (χ4n) is 3.86. The lowest BCUT2D eigenvalue weighted by molar-refractivity contribution is 0.244. The van der Waals surface area contributed by atoms with Crippen molar-refractivity contribution in [1.29, 1.82) is 0 Å². The van der Waals surface area contributed by atoms with E-state index < -0.39 is 0 Å². The lowest BCUT2D eigenvalue weighted by atomic mass is 9.64. The molecular weight excluding hydrogens is 481 g/mol. The van der Waals surface area contributed by atoms with E-state index in [1.54, 1.807) is 7.11 Å². The van der Waals surface area contributed by atoms with Crippen molar-refractivity contribution < 1.29 is 14.2 Å². The molecule has 156 valence electrons. The van der Waals surface area contributed by atoms with Crippen LogP contribution in [0.5, 0.6) is 17.2 Å². The van der Waals surface area contributed by atoms with E-state index in [2.05, 4.69) is 22.4 Å². The van der Waals surface area contributed by atoms with Crippen LogP contribution >= 0.6 is 24.0 Å². The number of nitrogens with two attached hydrogens (primary N) is 1. The topological polar surface area (TPSA) is 78.1 Å². The van der Waals surface area contributed by atoms with Crippen molar-refractivity contribution in [2.75, 3.05) is 32.2 Å². The van der Waals surface area contributed by atoms with E-state index in [1.807, 2.05) is 30.3 Å². The molecule has 0 amide bonds. The number of methoxy groups -OCH3 is 1. The Morgan fingerprint density at radius 1 is 1.10 bits per heavy atom. The fourth-order valence-corrected chi connectivity index (χ4v) is 3.86. The highest BCUT2D eigenvalue weighted by molar-refractivity contribution is 14.0. The van der Waals surface area contributed by atoms with Crippen molar-refractivity contribution in [3.63, 3.8) is 0 Å². The third-order valence-corrected chi connectivity index (χ3v) is 5.56. The summed E-state index contributed by atoms with van der Waals surface area (Å²) < 4.78 is 17.0. The molecule has 1 aliphatic carbocycles. The molecule has 0 spiro atoms. The predicted molar refractivity (Wildman–Crippen MR) is 126 cm³/mol. The van der Waals surface area contributed by atoms with Crippen LogP contribution in [0.2, 0.25) is 0 Å². The summed E-state index contributed by atoms with van der Waals surface area (Å²) in [6.07, 6.45) is 4.26. The fraction of sp³-hybridized carbons (Fsp3) is 0.409. The Hall–Kier alpha value is -2.16. The number of aliphatic imine (C=N–C) groups is 1. The summed E-state index contributed by atoms with van der Waals surface area (Å²) in [5, 5.41) is 3.17. The van der Waals surface area contributed by atoms with Crippen LogP contribution in [0, 0.1) is 0 Å². The second kappa shape index (κ2) is 9.56. The molecule has 0 bridgehead atoms. The van der Waals surface area contributed by atoms with Gasteiger partial charge in [-0.05, 0) is 31.0 Å². The molecule has 0 atom stereocenters. The van der Waals surface area contributed by atoms with Gasteiger partial charge in [-0.25, -0.2) is 0 Å². The lowest BCUT2D eigenvalue weighted by Gasteiger charge is -2.42. The molecule has 1 fully saturated rings. The van der Waals surface area contributed by atoms with Gasteiger partial charge in [0.05, 0.1) is 26.9 Å². The molecule has 4 rings (SSSR count). The highest BCUT2D eigenvalue weighted by Crippen LogP contribution is 2.47. The number of para-hydroxylation sites is 1. The molecule has 2 aromatic carbocycles. The molecular formula is C22H28IN3O3. The van der Waals surface area contributed by atoms with Crippen LogP contribution < -0.4 is 25.3 Å². The number of fused-ring (bicyclic) bond motifs is 1. The maximum Gasteiger partial charge on any atom is 0.193 e. The smallest absolute Gasteiger partial charge is 0.193 e. The first-order valence-corrected chi connectivity index (χ1v) is 9.80. The number of hydrogen-bond donors (Lipinski definition) is 2. The number of anilines is 1. The second-order valence-corrected chi connectivity index (χ2v) is 7.37. The molecule has 1 aliphatic heterocycles. The minimum Gasteiger partial charge on any atom is -0.496 e. The van der Waals surface area contributed by atoms with Crippen molar-refractivity contribution in [3.05, 3.63) is 48.0 Å². The number of benzene rings is 2. The summed E-state index contributed by atoms with van der Waals surface area (Å²) in [6.45, 7) is 1.96. The minimum absolute atomic E-state index is 0. The second-order valence-electron chi connectivity index (χ2n) is 7.37. The molecule has 0 unspecified atom stereocenters. The molecule has 29 heavy (non-hydrogen) atoms. The Morgan fingerprint density at radius 2 is 1.86 bits per heavy atom. The molecule has 1 saturated carbocycles. The number of ether oxygens (including phenoxy) is 3. The Morgan fingerprint density at radius 3 is 2.59 bits per heavy atom. The van der Waals surface area contributed by atoms with Gasteiger partial charge in [-0.15, -0.1) is 24.0 Å². The maximum absolute atomic E-state index is 6.18. The van der Waals surface area contributed by atoms with E-state index in [0.717, 1.165) is 42.2 Å². The van der Waals surface area contributed by atoms with Crippen LogP contribution in [0.1, 0.15) is 31.2 Å². The van der Waals surface area contributed by atoms with E-state index in [1.165, 1.54) is 12.0 Å². The normalized spacial score (nSPS) is 17.3. The summed E-state index contributed by atoms with van der Waals surface area (Å²) >= 11 is 0. The van der Waals surface area contributed by atoms with Crippen molar-refractivity contribution in [1.82, 2.24) is 0 Å². The van der Waals surface area contributed by atoms with Crippen LogP contribution in [0.4, 0.5) is 5.69 Å². The number of halogens is 1. The number of hydrogen-bond acceptors (Lipinski definition) is 4. The van der Waals surface area contributed by atoms with Crippen LogP contribution in [-0.2, 0) is 5.41 Å². The van der Waals surface area contributed by atoms with Gasteiger partial charge in [0.1, 0.15) is 5.75 Å². The zero-order valence-electron chi connectivity index (χ0n) is 16.6. The first-order valence-electron chi connectivity index (χ1n) is 9.80. The summed E-state index contributed by atoms with van der Waals surface area (Å²) in [5.74, 6) is 2.82. The van der Waals surface area contributed by atoms with E-state index in [4.69, 9.17) is 19.9 Å². The van der Waals surface area contributed by atoms with Crippen LogP contribution in [0.3, 0.4) is 0 Å². The molecule has 2 aliphatic rings. The monoisotopic (exact) mass is 509 g/mol. The van der Waals surface area contributed by atoms with Crippen LogP contribution in [0.25, 0.3) is 0 Å². The highest BCUT2D eigenvalue weighted by atomic mass is 127. The summed E-state index contributed by atoms with van der Waals surface area (Å²) in [6, 6.07) is 13.9. The van der Waals surface area contributed by atoms with Crippen molar-refractivity contribution in [3.8, 4) is 17.2 Å². The van der Waals surface area contributed by atoms with Gasteiger partial charge in [0, 0.05) is 29.2 Å². The zero-order chi connectivity index (χ0) is 19.4. The van der Waals surface area contributed by atoms with Gasteiger partial charge in [-0.3, -0.25) is 4.99 Å². The van der Waals surface area contributed by atoms with Crippen LogP contribution in [-0.4, -0.2) is 32.8 Å². The molecule has 3 N–H and O–H groups in total. The molecule has 2 aromatic rings. The van der Waals surface area contributed by atoms with Gasteiger partial charge in [0.15, 0.2) is 17.5 Å². The average Bonchev–Trinajstić information content (AvgIpc) is 2.92. The van der Waals surface area contributed by atoms with Crippen molar-refractivity contribution in [2.24, 2.45) is 10.7 Å². The third-order valence-electron chi connectivity index (χ3n) is 5.56. The minimum atomic E-state index is 0. The Labute approximate surface area is 188 Å². The zero-order valence-corrected chi connectivity index (χ0v) is 19.0. The molecule has 0 radical (unpaired) electrons. The number of nitrogens with one attached hydrogen (secondary N) is 1. The highest BCUT2D eigenvalue weighted by Gasteiger charge is 2.40. The molecule has 0 aromatic heterocycles. The Balaban J connectivity index is 0.00000240. The molecule has 1 heterocycles. The van der Waals surface area contributed by atoms with Gasteiger partial charge in [-0.2, -0.15) is 0 Å². The van der Waals surface area contributed by atoms with Gasteiger partial charge < -0.3 is 25.3 Å². The van der Waals surface area contributed by atoms with Gasteiger partial charge in [0.2, 0.25) is 0 Å². The lowest BCUT2D eigenvalue weighted by Crippen LogP contribution is -2.39. The quantitative estimate of drug-likeness (QED) is 0.357. The first-order chi connectivity index (χ1) is 13.7. The number of guanidine groups is 1. The largest absolute Gasteiger partial charge is 0.496 e. The maximum atomic E-state index is 6.18. The predicted octanol–water partition coefficient (Wildman–Crippen LogP) is 4.32. The number of rotatable bonds is 5. The van der Waals surface area contributed by atoms with Crippen LogP contribution in [0.15, 0.2) is 47.5 Å². The third kappa shape index (κ3) is 4.71. The summed E-state index contributed by atoms with van der Waals surface area (Å²) in [7, 11) is 1.72. The van der Waals surface area contributed by atoms with Crippen molar-refractivity contribution >= 4 is 35.6 Å². The summed E-state index contributed by atoms with van der Waals surface area (Å²) in [5.41, 5.74) is 8.24. The summed E-state index contributed by atoms with van der Waals surface area (Å²) in [4.78, 5) is 4.65. The number of nitrogens with zero attached hydrogens (tertiary/aromatic N) is 1. The van der Waals surface area contributed by atoms with E-state index >= 15 is 0 Å². The van der Waals surface area contributed by atoms with E-state index in [0.29, 0.717) is 25.7 Å². The molecule has 0 saturated heterocycles. The van der Waals surface area contributed by atoms with Gasteiger partial charge in [0.25, 0.3) is 0 Å². The van der Waals surface area contributed by atoms with E-state index in [-0.39, 0.29) is 29.4 Å².